The van der Waals surface area contributed by atoms with E-state index < -0.39 is 20.0 Å². The fourth-order valence-corrected chi connectivity index (χ4v) is 7.18. The normalized spacial score (nSPS) is 14.8. The van der Waals surface area contributed by atoms with E-state index in [0.29, 0.717) is 23.9 Å². The van der Waals surface area contributed by atoms with E-state index in [1.165, 1.54) is 96.3 Å². The van der Waals surface area contributed by atoms with Crippen LogP contribution in [-0.4, -0.2) is 73.4 Å². The van der Waals surface area contributed by atoms with Crippen molar-refractivity contribution in [2.75, 3.05) is 40.9 Å². The molecule has 0 aromatic rings. The van der Waals surface area contributed by atoms with Crippen LogP contribution in [0.5, 0.6) is 0 Å². The lowest BCUT2D eigenvalue weighted by atomic mass is 10.0. The summed E-state index contributed by atoms with van der Waals surface area (Å²) in [5, 5.41) is 14.0. The number of allylic oxidation sites excluding steroid dienone is 8. The van der Waals surface area contributed by atoms with Crippen molar-refractivity contribution in [1.82, 2.24) is 5.32 Å². The summed E-state index contributed by atoms with van der Waals surface area (Å²) >= 11 is 0. The number of aliphatic hydroxyl groups excluding tert-OH is 1. The number of amides is 1. The molecule has 3 N–H and O–H groups in total. The first-order valence-corrected chi connectivity index (χ1v) is 24.5. The molecule has 0 saturated carbocycles. The van der Waals surface area contributed by atoms with Crippen molar-refractivity contribution in [2.24, 2.45) is 0 Å². The van der Waals surface area contributed by atoms with Gasteiger partial charge in [-0.1, -0.05) is 184 Å². The van der Waals surface area contributed by atoms with Crippen LogP contribution in [0.1, 0.15) is 194 Å². The highest BCUT2D eigenvalue weighted by atomic mass is 31.2. The summed E-state index contributed by atoms with van der Waals surface area (Å²) in [6.07, 6.45) is 48.5. The predicted octanol–water partition coefficient (Wildman–Crippen LogP) is 12.9. The molecule has 0 radical (unpaired) electrons. The lowest BCUT2D eigenvalue weighted by molar-refractivity contribution is -0.870. The molecule has 0 aliphatic heterocycles. The van der Waals surface area contributed by atoms with Crippen molar-refractivity contribution >= 4 is 13.7 Å². The van der Waals surface area contributed by atoms with Crippen LogP contribution in [0.4, 0.5) is 0 Å². The first-order valence-electron chi connectivity index (χ1n) is 23.0. The Bertz CT molecular complexity index is 1050. The van der Waals surface area contributed by atoms with Crippen molar-refractivity contribution in [2.45, 2.75) is 206 Å². The van der Waals surface area contributed by atoms with Gasteiger partial charge in [-0.15, -0.1) is 0 Å². The molecule has 0 spiro atoms. The molecule has 1 amide bonds. The first kappa shape index (κ1) is 54.5. The highest BCUT2D eigenvalue weighted by Crippen LogP contribution is 2.43. The second-order valence-corrected chi connectivity index (χ2v) is 18.2. The zero-order chi connectivity index (χ0) is 41.4. The number of quaternary nitrogens is 1. The molecular formula is C47H90N2O6P+. The van der Waals surface area contributed by atoms with E-state index in [9.17, 15) is 19.4 Å². The molecule has 0 saturated heterocycles. The van der Waals surface area contributed by atoms with Crippen LogP contribution in [0.3, 0.4) is 0 Å². The molecule has 0 bridgehead atoms. The van der Waals surface area contributed by atoms with E-state index in [1.807, 2.05) is 21.1 Å². The predicted molar refractivity (Wildman–Crippen MR) is 240 cm³/mol. The molecule has 9 heteroatoms. The van der Waals surface area contributed by atoms with Gasteiger partial charge in [0, 0.05) is 6.42 Å². The van der Waals surface area contributed by atoms with Gasteiger partial charge in [-0.05, 0) is 51.4 Å². The van der Waals surface area contributed by atoms with E-state index >= 15 is 0 Å². The Morgan fingerprint density at radius 1 is 0.625 bits per heavy atom. The third kappa shape index (κ3) is 40.6. The molecule has 0 aromatic carbocycles. The topological polar surface area (TPSA) is 105 Å². The highest BCUT2D eigenvalue weighted by molar-refractivity contribution is 7.47. The van der Waals surface area contributed by atoms with Crippen molar-refractivity contribution in [3.05, 3.63) is 48.6 Å². The number of phosphoric acid groups is 1. The Hall–Kier alpha value is -1.54. The molecule has 0 aliphatic carbocycles. The first-order chi connectivity index (χ1) is 27.0. The minimum absolute atomic E-state index is 0.0713. The second kappa shape index (κ2) is 38.9. The van der Waals surface area contributed by atoms with E-state index in [-0.39, 0.29) is 19.1 Å². The number of likely N-dealkylation sites (N-methyl/N-ethyl adjacent to an activating group) is 1. The molecule has 0 rings (SSSR count). The Balaban J connectivity index is 4.32. The summed E-state index contributed by atoms with van der Waals surface area (Å²) in [6, 6.07) is -0.765. The lowest BCUT2D eigenvalue weighted by Crippen LogP contribution is -2.46. The average molecular weight is 810 g/mol. The van der Waals surface area contributed by atoms with Crippen LogP contribution in [0, 0.1) is 0 Å². The van der Waals surface area contributed by atoms with Crippen LogP contribution in [0.25, 0.3) is 0 Å². The van der Waals surface area contributed by atoms with Crippen molar-refractivity contribution in [3.8, 4) is 0 Å². The third-order valence-electron chi connectivity index (χ3n) is 10.1. The number of carbonyl (C=O) groups is 1. The molecule has 3 atom stereocenters. The van der Waals surface area contributed by atoms with Crippen LogP contribution in [-0.2, 0) is 18.4 Å². The van der Waals surface area contributed by atoms with Crippen LogP contribution in [0.15, 0.2) is 48.6 Å². The van der Waals surface area contributed by atoms with E-state index in [2.05, 4.69) is 67.8 Å². The van der Waals surface area contributed by atoms with Gasteiger partial charge in [0.1, 0.15) is 13.2 Å². The average Bonchev–Trinajstić information content (AvgIpc) is 3.15. The van der Waals surface area contributed by atoms with Crippen LogP contribution in [0.2, 0.25) is 0 Å². The van der Waals surface area contributed by atoms with E-state index in [1.54, 1.807) is 0 Å². The number of nitrogens with one attached hydrogen (secondary N) is 1. The molecule has 8 nitrogen and oxygen atoms in total. The number of hydrogen-bond acceptors (Lipinski definition) is 5. The highest BCUT2D eigenvalue weighted by Gasteiger charge is 2.28. The van der Waals surface area contributed by atoms with Gasteiger partial charge in [-0.2, -0.15) is 0 Å². The number of carbonyl (C=O) groups excluding carboxylic acids is 1. The summed E-state index contributed by atoms with van der Waals surface area (Å²) in [4.78, 5) is 23.2. The summed E-state index contributed by atoms with van der Waals surface area (Å²) in [5.41, 5.74) is 0. The second-order valence-electron chi connectivity index (χ2n) is 16.8. The fraction of sp³-hybridized carbons (Fsp3) is 0.809. The monoisotopic (exact) mass is 810 g/mol. The van der Waals surface area contributed by atoms with Crippen LogP contribution < -0.4 is 5.32 Å². The standard InChI is InChI=1S/C47H89N2O6P/c1-6-8-10-12-14-16-18-20-21-22-23-24-25-26-27-29-31-33-35-37-39-41-47(51)48-45(44-55-56(52,53)54-43-42-49(3,4)5)46(50)40-38-36-34-32-30-28-19-17-15-13-11-9-7-2/h8,10,14,16,20-21,23-24,45-46,50H,6-7,9,11-13,15,17-19,22,25-44H2,1-5H3,(H-,48,51,52,53)/p+1/b10-8-,16-14-,21-20-,24-23-. The number of rotatable bonds is 41. The molecule has 0 aromatic heterocycles. The fourth-order valence-electron chi connectivity index (χ4n) is 6.45. The van der Waals surface area contributed by atoms with Gasteiger partial charge >= 0.3 is 7.82 Å². The van der Waals surface area contributed by atoms with Gasteiger partial charge in [-0.25, -0.2) is 4.57 Å². The van der Waals surface area contributed by atoms with Gasteiger partial charge in [0.15, 0.2) is 0 Å². The van der Waals surface area contributed by atoms with Gasteiger partial charge in [0.05, 0.1) is 39.9 Å². The molecule has 0 heterocycles. The van der Waals surface area contributed by atoms with Gasteiger partial charge in [0.25, 0.3) is 0 Å². The zero-order valence-corrected chi connectivity index (χ0v) is 38.0. The summed E-state index contributed by atoms with van der Waals surface area (Å²) in [6.45, 7) is 4.76. The maximum absolute atomic E-state index is 12.9. The van der Waals surface area contributed by atoms with Crippen molar-refractivity contribution in [3.63, 3.8) is 0 Å². The molecule has 56 heavy (non-hydrogen) atoms. The summed E-state index contributed by atoms with van der Waals surface area (Å²) in [5.74, 6) is -0.155. The number of aliphatic hydroxyl groups is 1. The van der Waals surface area contributed by atoms with Crippen molar-refractivity contribution in [1.29, 1.82) is 0 Å². The third-order valence-corrected chi connectivity index (χ3v) is 11.1. The molecule has 328 valence electrons. The minimum atomic E-state index is -4.32. The molecule has 0 aliphatic rings. The van der Waals surface area contributed by atoms with Crippen LogP contribution >= 0.6 is 7.82 Å². The molecule has 0 fully saturated rings. The SMILES string of the molecule is CC/C=C\C/C=C\C/C=C\C/C=C\CCCCCCCCCCC(=O)NC(COP(=O)(O)OCC[N+](C)(C)C)C(O)CCCCCCCCCCCCCCC. The Morgan fingerprint density at radius 3 is 1.57 bits per heavy atom. The number of nitrogens with zero attached hydrogens (tertiary/aromatic N) is 1. The van der Waals surface area contributed by atoms with Gasteiger partial charge < -0.3 is 19.8 Å². The quantitative estimate of drug-likeness (QED) is 0.0246. The van der Waals surface area contributed by atoms with Gasteiger partial charge in [-0.3, -0.25) is 13.8 Å². The summed E-state index contributed by atoms with van der Waals surface area (Å²) in [7, 11) is 1.60. The number of hydrogen-bond donors (Lipinski definition) is 3. The largest absolute Gasteiger partial charge is 0.472 e. The number of unbranched alkanes of at least 4 members (excludes halogenated alkanes) is 20. The smallest absolute Gasteiger partial charge is 0.391 e. The Morgan fingerprint density at radius 2 is 1.07 bits per heavy atom. The maximum atomic E-state index is 12.9. The van der Waals surface area contributed by atoms with Gasteiger partial charge in [0.2, 0.25) is 5.91 Å². The maximum Gasteiger partial charge on any atom is 0.472 e. The van der Waals surface area contributed by atoms with Crippen molar-refractivity contribution < 1.29 is 32.9 Å². The Kier molecular flexibility index (Phi) is 37.9. The molecular weight excluding hydrogens is 719 g/mol. The minimum Gasteiger partial charge on any atom is -0.391 e. The zero-order valence-electron chi connectivity index (χ0n) is 37.1. The summed E-state index contributed by atoms with van der Waals surface area (Å²) < 4.78 is 23.6. The lowest BCUT2D eigenvalue weighted by Gasteiger charge is -2.26. The van der Waals surface area contributed by atoms with E-state index in [4.69, 9.17) is 9.05 Å². The Labute approximate surface area is 346 Å². The number of phosphoric ester groups is 1. The molecule has 3 unspecified atom stereocenters. The van der Waals surface area contributed by atoms with E-state index in [0.717, 1.165) is 70.6 Å².